The van der Waals surface area contributed by atoms with E-state index in [9.17, 15) is 14.4 Å². The quantitative estimate of drug-likeness (QED) is 0.661. The van der Waals surface area contributed by atoms with Crippen molar-refractivity contribution in [1.82, 2.24) is 10.2 Å². The fourth-order valence-electron chi connectivity index (χ4n) is 1.83. The van der Waals surface area contributed by atoms with Crippen LogP contribution in [0.1, 0.15) is 52.4 Å². The Morgan fingerprint density at radius 1 is 1.11 bits per heavy atom. The second-order valence-electron chi connectivity index (χ2n) is 4.54. The fourth-order valence-corrected chi connectivity index (χ4v) is 1.83. The largest absolute Gasteiger partial charge is 0.481 e. The van der Waals surface area contributed by atoms with Crippen molar-refractivity contribution in [2.75, 3.05) is 7.05 Å². The first-order valence-electron chi connectivity index (χ1n) is 6.70. The lowest BCUT2D eigenvalue weighted by Gasteiger charge is -2.26. The van der Waals surface area contributed by atoms with Gasteiger partial charge in [0.05, 0.1) is 0 Å². The zero-order chi connectivity index (χ0) is 14.8. The molecule has 0 aromatic rings. The highest BCUT2D eigenvalue weighted by Gasteiger charge is 2.18. The summed E-state index contributed by atoms with van der Waals surface area (Å²) in [6, 6.07) is -0.267. The number of carboxylic acids is 1. The Bertz CT molecular complexity index is 314. The summed E-state index contributed by atoms with van der Waals surface area (Å²) in [7, 11) is 1.67. The highest BCUT2D eigenvalue weighted by Crippen LogP contribution is 2.06. The van der Waals surface area contributed by atoms with Crippen molar-refractivity contribution in [1.29, 1.82) is 0 Å². The van der Waals surface area contributed by atoms with Crippen molar-refractivity contribution < 1.29 is 19.5 Å². The number of nitrogens with one attached hydrogen (secondary N) is 1. The van der Waals surface area contributed by atoms with Crippen molar-refractivity contribution in [2.24, 2.45) is 0 Å². The maximum absolute atomic E-state index is 11.8. The molecule has 0 radical (unpaired) electrons. The molecular formula is C13H24N2O4. The average Bonchev–Trinajstić information content (AvgIpc) is 2.35. The molecule has 0 atom stereocenters. The molecule has 0 fully saturated rings. The van der Waals surface area contributed by atoms with Crippen LogP contribution in [0.25, 0.3) is 0 Å². The Balaban J connectivity index is 3.98. The molecule has 0 saturated carbocycles. The van der Waals surface area contributed by atoms with E-state index in [-0.39, 0.29) is 24.8 Å². The number of amides is 3. The summed E-state index contributed by atoms with van der Waals surface area (Å²) >= 11 is 0. The minimum Gasteiger partial charge on any atom is -0.481 e. The molecule has 6 nitrogen and oxygen atoms in total. The van der Waals surface area contributed by atoms with Gasteiger partial charge in [0.15, 0.2) is 0 Å². The van der Waals surface area contributed by atoms with Gasteiger partial charge in [-0.25, -0.2) is 4.79 Å². The lowest BCUT2D eigenvalue weighted by molar-refractivity contribution is -0.137. The third-order valence-corrected chi connectivity index (χ3v) is 3.10. The molecule has 0 aromatic heterocycles. The van der Waals surface area contributed by atoms with Gasteiger partial charge in [-0.05, 0) is 25.7 Å². The number of urea groups is 1. The van der Waals surface area contributed by atoms with E-state index in [1.165, 1.54) is 4.90 Å². The van der Waals surface area contributed by atoms with Crippen molar-refractivity contribution >= 4 is 17.9 Å². The maximum Gasteiger partial charge on any atom is 0.324 e. The summed E-state index contributed by atoms with van der Waals surface area (Å²) in [6.45, 7) is 3.98. The van der Waals surface area contributed by atoms with Crippen LogP contribution in [0.3, 0.4) is 0 Å². The first-order valence-corrected chi connectivity index (χ1v) is 6.70. The molecule has 0 bridgehead atoms. The molecule has 3 amide bonds. The van der Waals surface area contributed by atoms with Gasteiger partial charge < -0.3 is 10.0 Å². The molecule has 6 heteroatoms. The maximum atomic E-state index is 11.8. The van der Waals surface area contributed by atoms with E-state index >= 15 is 0 Å². The van der Waals surface area contributed by atoms with Gasteiger partial charge in [-0.1, -0.05) is 13.8 Å². The van der Waals surface area contributed by atoms with Crippen LogP contribution in [0.15, 0.2) is 0 Å². The molecule has 0 spiro atoms. The fraction of sp³-hybridized carbons (Fsp3) is 0.769. The van der Waals surface area contributed by atoms with Crippen LogP contribution in [0.5, 0.6) is 0 Å². The van der Waals surface area contributed by atoms with Crippen LogP contribution in [0.2, 0.25) is 0 Å². The van der Waals surface area contributed by atoms with Gasteiger partial charge in [0, 0.05) is 25.9 Å². The van der Waals surface area contributed by atoms with Crippen LogP contribution in [-0.4, -0.2) is 41.0 Å². The minimum absolute atomic E-state index is 0.0505. The Hall–Kier alpha value is -1.59. The third kappa shape index (κ3) is 7.43. The van der Waals surface area contributed by atoms with Crippen LogP contribution in [-0.2, 0) is 9.59 Å². The van der Waals surface area contributed by atoms with Crippen molar-refractivity contribution in [3.05, 3.63) is 0 Å². The summed E-state index contributed by atoms with van der Waals surface area (Å²) in [6.07, 6.45) is 2.82. The molecule has 0 heterocycles. The van der Waals surface area contributed by atoms with E-state index in [4.69, 9.17) is 5.11 Å². The third-order valence-electron chi connectivity index (χ3n) is 3.10. The number of carboxylic acid groups (broad SMARTS) is 1. The minimum atomic E-state index is -0.870. The summed E-state index contributed by atoms with van der Waals surface area (Å²) in [5.41, 5.74) is 0. The summed E-state index contributed by atoms with van der Waals surface area (Å²) in [5, 5.41) is 10.8. The number of imide groups is 1. The van der Waals surface area contributed by atoms with E-state index in [0.717, 1.165) is 12.8 Å². The first kappa shape index (κ1) is 17.4. The molecular weight excluding hydrogens is 248 g/mol. The monoisotopic (exact) mass is 272 g/mol. The number of carbonyl (C=O) groups excluding carboxylic acids is 2. The molecule has 19 heavy (non-hydrogen) atoms. The topological polar surface area (TPSA) is 86.7 Å². The molecule has 0 aromatic carbocycles. The number of aliphatic carboxylic acids is 1. The predicted molar refractivity (Wildman–Crippen MR) is 71.8 cm³/mol. The normalized spacial score (nSPS) is 10.3. The van der Waals surface area contributed by atoms with Crippen LogP contribution < -0.4 is 5.32 Å². The summed E-state index contributed by atoms with van der Waals surface area (Å²) in [4.78, 5) is 35.1. The summed E-state index contributed by atoms with van der Waals surface area (Å²) in [5.74, 6) is -1.22. The number of hydrogen-bond acceptors (Lipinski definition) is 3. The van der Waals surface area contributed by atoms with Crippen LogP contribution >= 0.6 is 0 Å². The number of nitrogens with zero attached hydrogens (tertiary/aromatic N) is 1. The van der Waals surface area contributed by atoms with Gasteiger partial charge in [-0.15, -0.1) is 0 Å². The molecule has 0 aliphatic heterocycles. The molecule has 0 aliphatic carbocycles. The summed E-state index contributed by atoms with van der Waals surface area (Å²) < 4.78 is 0. The van der Waals surface area contributed by atoms with Crippen molar-refractivity contribution in [2.45, 2.75) is 58.4 Å². The van der Waals surface area contributed by atoms with Gasteiger partial charge in [0.1, 0.15) is 0 Å². The van der Waals surface area contributed by atoms with E-state index in [1.54, 1.807) is 7.05 Å². The Morgan fingerprint density at radius 2 is 1.63 bits per heavy atom. The number of unbranched alkanes of at least 4 members (excludes halogenated alkanes) is 1. The van der Waals surface area contributed by atoms with Gasteiger partial charge in [0.25, 0.3) is 0 Å². The lowest BCUT2D eigenvalue weighted by Crippen LogP contribution is -2.45. The Labute approximate surface area is 114 Å². The number of hydrogen-bond donors (Lipinski definition) is 2. The molecule has 0 aliphatic rings. The lowest BCUT2D eigenvalue weighted by atomic mass is 10.1. The predicted octanol–water partition coefficient (Wildman–Crippen LogP) is 1.99. The van der Waals surface area contributed by atoms with E-state index in [0.29, 0.717) is 12.8 Å². The SMILES string of the molecule is CCC(CC)N(C)C(=O)NC(=O)CCCCC(=O)O. The Kier molecular flexibility index (Phi) is 8.57. The molecule has 0 rings (SSSR count). The second-order valence-corrected chi connectivity index (χ2v) is 4.54. The molecule has 0 unspecified atom stereocenters. The van der Waals surface area contributed by atoms with E-state index in [1.807, 2.05) is 13.8 Å². The highest BCUT2D eigenvalue weighted by molar-refractivity contribution is 5.94. The first-order chi connectivity index (χ1) is 8.92. The standard InChI is InChI=1S/C13H24N2O4/c1-4-10(5-2)15(3)13(19)14-11(16)8-6-7-9-12(17)18/h10H,4-9H2,1-3H3,(H,17,18)(H,14,16,19). The Morgan fingerprint density at radius 3 is 2.11 bits per heavy atom. The van der Waals surface area contributed by atoms with Gasteiger partial charge in [-0.2, -0.15) is 0 Å². The van der Waals surface area contributed by atoms with Crippen molar-refractivity contribution in [3.63, 3.8) is 0 Å². The van der Waals surface area contributed by atoms with Gasteiger partial charge in [0.2, 0.25) is 5.91 Å². The second kappa shape index (κ2) is 9.35. The van der Waals surface area contributed by atoms with Crippen molar-refractivity contribution in [3.8, 4) is 0 Å². The van der Waals surface area contributed by atoms with E-state index in [2.05, 4.69) is 5.32 Å². The van der Waals surface area contributed by atoms with Crippen LogP contribution in [0, 0.1) is 0 Å². The smallest absolute Gasteiger partial charge is 0.324 e. The van der Waals surface area contributed by atoms with E-state index < -0.39 is 12.0 Å². The molecule has 2 N–H and O–H groups in total. The molecule has 0 saturated heterocycles. The van der Waals surface area contributed by atoms with Gasteiger partial charge >= 0.3 is 12.0 Å². The zero-order valence-corrected chi connectivity index (χ0v) is 11.9. The number of rotatable bonds is 8. The zero-order valence-electron chi connectivity index (χ0n) is 11.9. The van der Waals surface area contributed by atoms with Crippen LogP contribution in [0.4, 0.5) is 4.79 Å². The average molecular weight is 272 g/mol. The number of carbonyl (C=O) groups is 3. The highest BCUT2D eigenvalue weighted by atomic mass is 16.4. The van der Waals surface area contributed by atoms with Gasteiger partial charge in [-0.3, -0.25) is 14.9 Å². The molecule has 110 valence electrons.